The van der Waals surface area contributed by atoms with Gasteiger partial charge in [-0.15, -0.1) is 0 Å². The molecule has 4 heteroatoms. The normalized spacial score (nSPS) is 15.9. The third-order valence-corrected chi connectivity index (χ3v) is 2.94. The molecule has 1 aromatic rings. The second kappa shape index (κ2) is 4.21. The third-order valence-electron chi connectivity index (χ3n) is 2.62. The molecular weight excluding hydrogens is 212 g/mol. The summed E-state index contributed by atoms with van der Waals surface area (Å²) in [6.07, 6.45) is 0. The maximum absolute atomic E-state index is 11.7. The average Bonchev–Trinajstić information content (AvgIpc) is 2.08. The lowest BCUT2D eigenvalue weighted by molar-refractivity contribution is -0.121. The van der Waals surface area contributed by atoms with Gasteiger partial charge in [0.05, 0.1) is 16.6 Å². The van der Waals surface area contributed by atoms with Crippen molar-refractivity contribution in [2.75, 3.05) is 18.4 Å². The van der Waals surface area contributed by atoms with E-state index in [1.807, 2.05) is 19.1 Å². The second-order valence-corrected chi connectivity index (χ2v) is 4.18. The van der Waals surface area contributed by atoms with Crippen molar-refractivity contribution in [2.45, 2.75) is 6.92 Å². The van der Waals surface area contributed by atoms with Gasteiger partial charge in [0, 0.05) is 13.1 Å². The minimum atomic E-state index is 0.0463. The molecule has 0 bridgehead atoms. The monoisotopic (exact) mass is 224 g/mol. The van der Waals surface area contributed by atoms with E-state index < -0.39 is 0 Å². The lowest BCUT2D eigenvalue weighted by atomic mass is 10.0. The van der Waals surface area contributed by atoms with Crippen LogP contribution in [0.4, 0.5) is 5.69 Å². The molecule has 0 radical (unpaired) electrons. The van der Waals surface area contributed by atoms with Gasteiger partial charge in [0.15, 0.2) is 0 Å². The van der Waals surface area contributed by atoms with E-state index >= 15 is 0 Å². The molecule has 1 amide bonds. The highest BCUT2D eigenvalue weighted by atomic mass is 35.5. The van der Waals surface area contributed by atoms with Crippen molar-refractivity contribution in [2.24, 2.45) is 5.92 Å². The fourth-order valence-electron chi connectivity index (χ4n) is 1.49. The van der Waals surface area contributed by atoms with Gasteiger partial charge in [-0.05, 0) is 18.6 Å². The fourth-order valence-corrected chi connectivity index (χ4v) is 1.76. The van der Waals surface area contributed by atoms with Crippen molar-refractivity contribution in [3.63, 3.8) is 0 Å². The van der Waals surface area contributed by atoms with Crippen molar-refractivity contribution in [3.05, 3.63) is 28.8 Å². The minimum absolute atomic E-state index is 0.0463. The number of hydrogen-bond acceptors (Lipinski definition) is 2. The first-order chi connectivity index (χ1) is 7.18. The molecule has 2 rings (SSSR count). The Morgan fingerprint density at radius 1 is 1.53 bits per heavy atom. The van der Waals surface area contributed by atoms with E-state index in [9.17, 15) is 4.79 Å². The summed E-state index contributed by atoms with van der Waals surface area (Å²) in [6, 6.07) is 5.59. The summed E-state index contributed by atoms with van der Waals surface area (Å²) in [4.78, 5) is 11.7. The van der Waals surface area contributed by atoms with Crippen LogP contribution < -0.4 is 10.6 Å². The summed E-state index contributed by atoms with van der Waals surface area (Å²) >= 11 is 6.01. The molecule has 0 unspecified atom stereocenters. The first-order valence-electron chi connectivity index (χ1n) is 4.95. The Kier molecular flexibility index (Phi) is 2.93. The molecule has 0 aliphatic carbocycles. The summed E-state index contributed by atoms with van der Waals surface area (Å²) < 4.78 is 0. The summed E-state index contributed by atoms with van der Waals surface area (Å²) in [5, 5.41) is 6.53. The van der Waals surface area contributed by atoms with Gasteiger partial charge in [0.25, 0.3) is 0 Å². The summed E-state index contributed by atoms with van der Waals surface area (Å²) in [5.74, 6) is 0.130. The van der Waals surface area contributed by atoms with Crippen LogP contribution in [-0.4, -0.2) is 19.0 Å². The lowest BCUT2D eigenvalue weighted by Crippen LogP contribution is -2.48. The molecule has 2 N–H and O–H groups in total. The maximum Gasteiger partial charge on any atom is 0.230 e. The van der Waals surface area contributed by atoms with Gasteiger partial charge in [-0.25, -0.2) is 0 Å². The first kappa shape index (κ1) is 10.5. The number of rotatable bonds is 2. The van der Waals surface area contributed by atoms with Crippen molar-refractivity contribution in [1.82, 2.24) is 5.32 Å². The molecule has 0 saturated carbocycles. The molecule has 1 saturated heterocycles. The van der Waals surface area contributed by atoms with E-state index in [0.717, 1.165) is 24.3 Å². The van der Waals surface area contributed by atoms with Crippen LogP contribution in [0.5, 0.6) is 0 Å². The van der Waals surface area contributed by atoms with E-state index in [2.05, 4.69) is 10.6 Å². The minimum Gasteiger partial charge on any atom is -0.324 e. The van der Waals surface area contributed by atoms with Crippen LogP contribution in [0.1, 0.15) is 5.56 Å². The number of amides is 1. The van der Waals surface area contributed by atoms with Crippen molar-refractivity contribution >= 4 is 23.2 Å². The smallest absolute Gasteiger partial charge is 0.230 e. The molecular formula is C11H13ClN2O. The maximum atomic E-state index is 11.7. The van der Waals surface area contributed by atoms with E-state index in [0.29, 0.717) is 5.02 Å². The fraction of sp³-hybridized carbons (Fsp3) is 0.364. The highest BCUT2D eigenvalue weighted by Gasteiger charge is 2.25. The van der Waals surface area contributed by atoms with Gasteiger partial charge in [0.1, 0.15) is 0 Å². The van der Waals surface area contributed by atoms with Crippen molar-refractivity contribution < 1.29 is 4.79 Å². The number of halogens is 1. The number of carbonyl (C=O) groups is 1. The highest BCUT2D eigenvalue weighted by Crippen LogP contribution is 2.25. The number of aryl methyl sites for hydroxylation is 1. The molecule has 1 aliphatic rings. The molecule has 1 aromatic carbocycles. The molecule has 0 atom stereocenters. The molecule has 15 heavy (non-hydrogen) atoms. The Morgan fingerprint density at radius 3 is 2.80 bits per heavy atom. The highest BCUT2D eigenvalue weighted by molar-refractivity contribution is 6.33. The SMILES string of the molecule is Cc1cccc(Cl)c1NC(=O)C1CNC1. The van der Waals surface area contributed by atoms with E-state index in [-0.39, 0.29) is 11.8 Å². The predicted molar refractivity (Wildman–Crippen MR) is 61.2 cm³/mol. The zero-order valence-electron chi connectivity index (χ0n) is 8.51. The zero-order valence-corrected chi connectivity index (χ0v) is 9.27. The van der Waals surface area contributed by atoms with Crippen molar-refractivity contribution in [3.8, 4) is 0 Å². The predicted octanol–water partition coefficient (Wildman–Crippen LogP) is 1.81. The molecule has 1 fully saturated rings. The Balaban J connectivity index is 2.12. The van der Waals surface area contributed by atoms with E-state index in [1.54, 1.807) is 6.07 Å². The topological polar surface area (TPSA) is 41.1 Å². The molecule has 0 aromatic heterocycles. The van der Waals surface area contributed by atoms with Gasteiger partial charge in [-0.1, -0.05) is 23.7 Å². The van der Waals surface area contributed by atoms with Crippen LogP contribution in [-0.2, 0) is 4.79 Å². The Bertz CT molecular complexity index is 368. The van der Waals surface area contributed by atoms with Crippen LogP contribution in [0, 0.1) is 12.8 Å². The standard InChI is InChI=1S/C11H13ClN2O/c1-7-3-2-4-9(12)10(7)14-11(15)8-5-13-6-8/h2-4,8,13H,5-6H2,1H3,(H,14,15). The van der Waals surface area contributed by atoms with Gasteiger partial charge < -0.3 is 10.6 Å². The Labute approximate surface area is 93.8 Å². The molecule has 80 valence electrons. The third kappa shape index (κ3) is 2.13. The van der Waals surface area contributed by atoms with Crippen LogP contribution in [0.3, 0.4) is 0 Å². The van der Waals surface area contributed by atoms with Gasteiger partial charge in [-0.3, -0.25) is 4.79 Å². The quantitative estimate of drug-likeness (QED) is 0.805. The molecule has 3 nitrogen and oxygen atoms in total. The first-order valence-corrected chi connectivity index (χ1v) is 5.33. The van der Waals surface area contributed by atoms with Gasteiger partial charge in [0.2, 0.25) is 5.91 Å². The molecule has 1 aliphatic heterocycles. The van der Waals surface area contributed by atoms with Crippen LogP contribution in [0.25, 0.3) is 0 Å². The Hall–Kier alpha value is -1.06. The van der Waals surface area contributed by atoms with Gasteiger partial charge in [-0.2, -0.15) is 0 Å². The summed E-state index contributed by atoms with van der Waals surface area (Å²) in [6.45, 7) is 3.45. The van der Waals surface area contributed by atoms with Crippen molar-refractivity contribution in [1.29, 1.82) is 0 Å². The van der Waals surface area contributed by atoms with E-state index in [4.69, 9.17) is 11.6 Å². The van der Waals surface area contributed by atoms with Gasteiger partial charge >= 0.3 is 0 Å². The lowest BCUT2D eigenvalue weighted by Gasteiger charge is -2.26. The number of para-hydroxylation sites is 1. The number of nitrogens with one attached hydrogen (secondary N) is 2. The number of benzene rings is 1. The number of hydrogen-bond donors (Lipinski definition) is 2. The molecule has 1 heterocycles. The number of anilines is 1. The van der Waals surface area contributed by atoms with Crippen LogP contribution in [0.15, 0.2) is 18.2 Å². The molecule has 0 spiro atoms. The second-order valence-electron chi connectivity index (χ2n) is 3.78. The summed E-state index contributed by atoms with van der Waals surface area (Å²) in [5.41, 5.74) is 1.72. The largest absolute Gasteiger partial charge is 0.324 e. The van der Waals surface area contributed by atoms with E-state index in [1.165, 1.54) is 0 Å². The van der Waals surface area contributed by atoms with Crippen LogP contribution in [0.2, 0.25) is 5.02 Å². The number of carbonyl (C=O) groups excluding carboxylic acids is 1. The Morgan fingerprint density at radius 2 is 2.27 bits per heavy atom. The average molecular weight is 225 g/mol. The zero-order chi connectivity index (χ0) is 10.8. The summed E-state index contributed by atoms with van der Waals surface area (Å²) in [7, 11) is 0. The van der Waals surface area contributed by atoms with Crippen LogP contribution >= 0.6 is 11.6 Å².